The van der Waals surface area contributed by atoms with Gasteiger partial charge in [0, 0.05) is 48.3 Å². The molecule has 1 saturated heterocycles. The smallest absolute Gasteiger partial charge is 0.143 e. The fourth-order valence-electron chi connectivity index (χ4n) is 5.24. The van der Waals surface area contributed by atoms with E-state index in [1.807, 2.05) is 23.1 Å². The maximum atomic E-state index is 5.07. The number of fused-ring (bicyclic) bond motifs is 1. The lowest BCUT2D eigenvalue weighted by Gasteiger charge is -2.27. The molecule has 8 nitrogen and oxygen atoms in total. The Balaban J connectivity index is 1.43. The van der Waals surface area contributed by atoms with Gasteiger partial charge in [-0.25, -0.2) is 9.97 Å². The van der Waals surface area contributed by atoms with Crippen molar-refractivity contribution >= 4 is 16.9 Å². The summed E-state index contributed by atoms with van der Waals surface area (Å²) in [7, 11) is 0. The van der Waals surface area contributed by atoms with Gasteiger partial charge in [-0.05, 0) is 70.0 Å². The summed E-state index contributed by atoms with van der Waals surface area (Å²) >= 11 is 0. The number of nitrogens with zero attached hydrogens (tertiary/aromatic N) is 7. The zero-order valence-corrected chi connectivity index (χ0v) is 20.4. The first kappa shape index (κ1) is 21.6. The molecule has 0 saturated carbocycles. The summed E-state index contributed by atoms with van der Waals surface area (Å²) in [6.07, 6.45) is 8.18. The first-order valence-corrected chi connectivity index (χ1v) is 12.4. The van der Waals surface area contributed by atoms with Gasteiger partial charge in [-0.15, -0.1) is 0 Å². The summed E-state index contributed by atoms with van der Waals surface area (Å²) in [6, 6.07) is 15.7. The molecule has 2 atom stereocenters. The van der Waals surface area contributed by atoms with E-state index in [4.69, 9.17) is 15.1 Å². The Hall–Kier alpha value is -3.94. The second-order valence-electron chi connectivity index (χ2n) is 9.45. The van der Waals surface area contributed by atoms with Crippen LogP contribution >= 0.6 is 0 Å². The normalized spacial score (nSPS) is 18.1. The quantitative estimate of drug-likeness (QED) is 0.375. The lowest BCUT2D eigenvalue weighted by atomic mass is 10.1. The van der Waals surface area contributed by atoms with Gasteiger partial charge in [0.2, 0.25) is 0 Å². The van der Waals surface area contributed by atoms with Crippen molar-refractivity contribution in [3.63, 3.8) is 0 Å². The molecule has 4 aromatic heterocycles. The van der Waals surface area contributed by atoms with Crippen molar-refractivity contribution in [3.05, 3.63) is 66.7 Å². The first-order valence-electron chi connectivity index (χ1n) is 12.4. The van der Waals surface area contributed by atoms with Crippen LogP contribution in [0.4, 0.5) is 5.82 Å². The zero-order chi connectivity index (χ0) is 23.9. The Morgan fingerprint density at radius 3 is 2.51 bits per heavy atom. The fourth-order valence-corrected chi connectivity index (χ4v) is 5.24. The number of hydrogen-bond donors (Lipinski definition) is 1. The molecule has 178 valence electrons. The van der Waals surface area contributed by atoms with Gasteiger partial charge in [-0.2, -0.15) is 10.2 Å². The molecule has 1 aliphatic heterocycles. The predicted octanol–water partition coefficient (Wildman–Crippen LogP) is 5.13. The lowest BCUT2D eigenvalue weighted by molar-refractivity contribution is 0.639. The highest BCUT2D eigenvalue weighted by molar-refractivity contribution is 5.85. The van der Waals surface area contributed by atoms with E-state index in [1.165, 1.54) is 12.8 Å². The number of imidazole rings is 1. The van der Waals surface area contributed by atoms with Gasteiger partial charge in [0.25, 0.3) is 0 Å². The third kappa shape index (κ3) is 3.88. The van der Waals surface area contributed by atoms with E-state index in [1.54, 1.807) is 6.20 Å². The van der Waals surface area contributed by atoms with E-state index in [2.05, 4.69) is 76.8 Å². The van der Waals surface area contributed by atoms with Crippen molar-refractivity contribution in [1.82, 2.24) is 34.5 Å². The Morgan fingerprint density at radius 1 is 1.00 bits per heavy atom. The Kier molecular flexibility index (Phi) is 5.36. The van der Waals surface area contributed by atoms with Crippen molar-refractivity contribution in [2.45, 2.75) is 58.8 Å². The van der Waals surface area contributed by atoms with Crippen molar-refractivity contribution in [3.8, 4) is 22.6 Å². The van der Waals surface area contributed by atoms with Crippen LogP contribution in [0.15, 0.2) is 61.1 Å². The number of aromatic amines is 1. The molecule has 1 aliphatic rings. The number of aromatic nitrogens is 7. The molecule has 1 aromatic carbocycles. The lowest BCUT2D eigenvalue weighted by Crippen LogP contribution is -2.33. The van der Waals surface area contributed by atoms with Gasteiger partial charge in [-0.1, -0.05) is 6.07 Å². The van der Waals surface area contributed by atoms with Crippen molar-refractivity contribution in [2.24, 2.45) is 0 Å². The molecule has 5 heterocycles. The van der Waals surface area contributed by atoms with Gasteiger partial charge in [-0.3, -0.25) is 9.78 Å². The van der Waals surface area contributed by atoms with E-state index in [0.717, 1.165) is 51.7 Å². The average molecular weight is 467 g/mol. The predicted molar refractivity (Wildman–Crippen MR) is 138 cm³/mol. The minimum Gasteiger partial charge on any atom is -0.351 e. The molecule has 1 N–H and O–H groups in total. The van der Waals surface area contributed by atoms with Crippen LogP contribution in [-0.2, 0) is 13.1 Å². The van der Waals surface area contributed by atoms with Crippen LogP contribution in [0.5, 0.6) is 0 Å². The molecule has 1 fully saturated rings. The van der Waals surface area contributed by atoms with E-state index >= 15 is 0 Å². The molecule has 0 bridgehead atoms. The zero-order valence-electron chi connectivity index (χ0n) is 20.4. The van der Waals surface area contributed by atoms with E-state index in [0.29, 0.717) is 18.6 Å². The first-order chi connectivity index (χ1) is 17.1. The summed E-state index contributed by atoms with van der Waals surface area (Å²) in [4.78, 5) is 12.4. The Morgan fingerprint density at radius 2 is 1.83 bits per heavy atom. The van der Waals surface area contributed by atoms with E-state index < -0.39 is 0 Å². The summed E-state index contributed by atoms with van der Waals surface area (Å²) in [5, 5.41) is 11.9. The molecule has 0 radical (unpaired) electrons. The molecule has 0 unspecified atom stereocenters. The third-order valence-electron chi connectivity index (χ3n) is 7.12. The average Bonchev–Trinajstić information content (AvgIpc) is 3.67. The standard InChI is InChI=1S/C27H30N8/c1-4-33-14-12-22(32-33)17-34-25-9-7-20(23-11-13-29-31-23)15-24(25)30-27(34)21-8-10-26(28-16-21)35-18(2)5-6-19(35)3/h7-16,18-19H,4-6,17H2,1-3H3,(H,29,31)/t18-,19-/m0/s1. The van der Waals surface area contributed by atoms with Crippen LogP contribution in [0, 0.1) is 0 Å². The van der Waals surface area contributed by atoms with Crippen LogP contribution in [0.25, 0.3) is 33.7 Å². The third-order valence-corrected chi connectivity index (χ3v) is 7.12. The van der Waals surface area contributed by atoms with Gasteiger partial charge in [0.05, 0.1) is 29.0 Å². The minimum atomic E-state index is 0.516. The number of nitrogens with one attached hydrogen (secondary N) is 1. The number of benzene rings is 1. The van der Waals surface area contributed by atoms with Gasteiger partial charge >= 0.3 is 0 Å². The second-order valence-corrected chi connectivity index (χ2v) is 9.45. The number of rotatable bonds is 6. The van der Waals surface area contributed by atoms with Crippen LogP contribution in [-0.4, -0.2) is 46.6 Å². The topological polar surface area (TPSA) is 80.5 Å². The molecule has 5 aromatic rings. The highest BCUT2D eigenvalue weighted by Crippen LogP contribution is 2.32. The highest BCUT2D eigenvalue weighted by atomic mass is 15.3. The summed E-state index contributed by atoms with van der Waals surface area (Å²) in [6.45, 7) is 8.16. The minimum absolute atomic E-state index is 0.516. The maximum absolute atomic E-state index is 5.07. The Labute approximate surface area is 204 Å². The molecule has 8 heteroatoms. The maximum Gasteiger partial charge on any atom is 0.143 e. The number of hydrogen-bond acceptors (Lipinski definition) is 5. The van der Waals surface area contributed by atoms with E-state index in [-0.39, 0.29) is 0 Å². The van der Waals surface area contributed by atoms with Crippen molar-refractivity contribution < 1.29 is 0 Å². The summed E-state index contributed by atoms with van der Waals surface area (Å²) in [5.41, 5.74) is 6.06. The van der Waals surface area contributed by atoms with Crippen molar-refractivity contribution in [2.75, 3.05) is 4.90 Å². The molecule has 6 rings (SSSR count). The molecule has 0 aliphatic carbocycles. The van der Waals surface area contributed by atoms with Gasteiger partial charge in [0.1, 0.15) is 11.6 Å². The molecular weight excluding hydrogens is 436 g/mol. The molecular formula is C27H30N8. The fraction of sp³-hybridized carbons (Fsp3) is 0.333. The van der Waals surface area contributed by atoms with Crippen LogP contribution < -0.4 is 4.90 Å². The summed E-state index contributed by atoms with van der Waals surface area (Å²) < 4.78 is 4.20. The van der Waals surface area contributed by atoms with Crippen LogP contribution in [0.2, 0.25) is 0 Å². The van der Waals surface area contributed by atoms with Crippen molar-refractivity contribution in [1.29, 1.82) is 0 Å². The monoisotopic (exact) mass is 466 g/mol. The largest absolute Gasteiger partial charge is 0.351 e. The number of anilines is 1. The number of pyridine rings is 1. The van der Waals surface area contributed by atoms with Crippen LogP contribution in [0.3, 0.4) is 0 Å². The number of aryl methyl sites for hydroxylation is 1. The Bertz CT molecular complexity index is 1430. The number of H-pyrrole nitrogens is 1. The van der Waals surface area contributed by atoms with E-state index in [9.17, 15) is 0 Å². The highest BCUT2D eigenvalue weighted by Gasteiger charge is 2.28. The summed E-state index contributed by atoms with van der Waals surface area (Å²) in [5.74, 6) is 1.94. The van der Waals surface area contributed by atoms with Gasteiger partial charge in [0.15, 0.2) is 0 Å². The second kappa shape index (κ2) is 8.69. The molecule has 0 amide bonds. The van der Waals surface area contributed by atoms with Gasteiger partial charge < -0.3 is 9.47 Å². The SMILES string of the molecule is CCn1ccc(Cn2c(-c3ccc(N4[C@@H](C)CC[C@@H]4C)nc3)nc3cc(-c4ccn[nH]4)ccc32)n1. The molecule has 35 heavy (non-hydrogen) atoms. The molecule has 0 spiro atoms. The van der Waals surface area contributed by atoms with Crippen LogP contribution in [0.1, 0.15) is 39.3 Å².